The van der Waals surface area contributed by atoms with Crippen molar-refractivity contribution in [2.45, 2.75) is 40.2 Å². The first kappa shape index (κ1) is 17.8. The van der Waals surface area contributed by atoms with Crippen LogP contribution < -0.4 is 5.56 Å². The lowest BCUT2D eigenvalue weighted by Gasteiger charge is -2.06. The number of carbonyl (C=O) groups is 1. The average molecular weight is 354 g/mol. The molecular formula is C19H22N4O3. The van der Waals surface area contributed by atoms with Crippen LogP contribution in [0.1, 0.15) is 31.2 Å². The molecule has 0 aliphatic rings. The van der Waals surface area contributed by atoms with E-state index in [1.807, 2.05) is 44.2 Å². The van der Waals surface area contributed by atoms with Gasteiger partial charge in [-0.1, -0.05) is 18.2 Å². The van der Waals surface area contributed by atoms with Gasteiger partial charge in [0, 0.05) is 13.0 Å². The van der Waals surface area contributed by atoms with Crippen molar-refractivity contribution in [2.24, 2.45) is 0 Å². The maximum absolute atomic E-state index is 12.8. The van der Waals surface area contributed by atoms with E-state index in [0.717, 1.165) is 22.5 Å². The number of rotatable bonds is 6. The zero-order valence-electron chi connectivity index (χ0n) is 15.2. The van der Waals surface area contributed by atoms with Crippen molar-refractivity contribution in [3.63, 3.8) is 0 Å². The van der Waals surface area contributed by atoms with Gasteiger partial charge < -0.3 is 4.74 Å². The zero-order chi connectivity index (χ0) is 18.7. The van der Waals surface area contributed by atoms with Crippen LogP contribution in [0.4, 0.5) is 0 Å². The summed E-state index contributed by atoms with van der Waals surface area (Å²) in [5, 5.41) is 9.72. The van der Waals surface area contributed by atoms with Gasteiger partial charge in [-0.2, -0.15) is 10.2 Å². The van der Waals surface area contributed by atoms with E-state index in [1.165, 1.54) is 4.68 Å². The lowest BCUT2D eigenvalue weighted by molar-refractivity contribution is -0.143. The predicted molar refractivity (Wildman–Crippen MR) is 98.5 cm³/mol. The highest BCUT2D eigenvalue weighted by atomic mass is 16.5. The molecule has 1 aromatic carbocycles. The summed E-state index contributed by atoms with van der Waals surface area (Å²) in [6, 6.07) is 9.68. The molecule has 2 aromatic heterocycles. The van der Waals surface area contributed by atoms with Crippen LogP contribution in [0.3, 0.4) is 0 Å². The monoisotopic (exact) mass is 354 g/mol. The summed E-state index contributed by atoms with van der Waals surface area (Å²) in [4.78, 5) is 24.2. The Bertz CT molecular complexity index is 989. The second-order valence-corrected chi connectivity index (χ2v) is 6.08. The van der Waals surface area contributed by atoms with Crippen molar-refractivity contribution in [1.29, 1.82) is 0 Å². The van der Waals surface area contributed by atoms with E-state index in [2.05, 4.69) is 10.2 Å². The number of nitrogens with zero attached hydrogens (tertiary/aromatic N) is 4. The molecule has 0 aliphatic carbocycles. The third kappa shape index (κ3) is 3.37. The number of aromatic nitrogens is 4. The Morgan fingerprint density at radius 1 is 1.15 bits per heavy atom. The second kappa shape index (κ2) is 7.51. The van der Waals surface area contributed by atoms with Crippen molar-refractivity contribution in [3.05, 3.63) is 52.1 Å². The van der Waals surface area contributed by atoms with Crippen molar-refractivity contribution >= 4 is 16.9 Å². The summed E-state index contributed by atoms with van der Waals surface area (Å²) in [6.07, 6.45) is 0.756. The fourth-order valence-electron chi connectivity index (χ4n) is 3.06. The standard InChI is InChI=1S/C19H22N4O3/c1-4-26-16(24)11-8-12-22-19(25)18-17(13(2)20-22)14(3)23(21-18)15-9-6-5-7-10-15/h5-7,9-10H,4,8,11-12H2,1-3H3. The minimum Gasteiger partial charge on any atom is -0.466 e. The number of para-hydroxylation sites is 1. The molecule has 0 radical (unpaired) electrons. The van der Waals surface area contributed by atoms with Gasteiger partial charge in [0.15, 0.2) is 5.52 Å². The number of benzene rings is 1. The molecule has 0 spiro atoms. The van der Waals surface area contributed by atoms with E-state index in [4.69, 9.17) is 4.74 Å². The molecule has 0 saturated heterocycles. The molecule has 0 N–H and O–H groups in total. The van der Waals surface area contributed by atoms with Crippen molar-refractivity contribution in [3.8, 4) is 5.69 Å². The number of hydrogen-bond donors (Lipinski definition) is 0. The molecule has 0 fully saturated rings. The van der Waals surface area contributed by atoms with E-state index in [-0.39, 0.29) is 17.9 Å². The molecule has 0 saturated carbocycles. The lowest BCUT2D eigenvalue weighted by Crippen LogP contribution is -2.24. The Kier molecular flexibility index (Phi) is 5.16. The summed E-state index contributed by atoms with van der Waals surface area (Å²) in [7, 11) is 0. The summed E-state index contributed by atoms with van der Waals surface area (Å²) in [5.41, 5.74) is 2.68. The topological polar surface area (TPSA) is 79.0 Å². The number of esters is 1. The summed E-state index contributed by atoms with van der Waals surface area (Å²) in [6.45, 7) is 6.28. The van der Waals surface area contributed by atoms with Gasteiger partial charge >= 0.3 is 5.97 Å². The van der Waals surface area contributed by atoms with Crippen molar-refractivity contribution in [2.75, 3.05) is 6.61 Å². The van der Waals surface area contributed by atoms with Crippen LogP contribution in [0.15, 0.2) is 35.1 Å². The molecule has 0 aliphatic heterocycles. The number of carbonyl (C=O) groups excluding carboxylic acids is 1. The number of aryl methyl sites for hydroxylation is 3. The predicted octanol–water partition coefficient (Wildman–Crippen LogP) is 2.54. The maximum Gasteiger partial charge on any atom is 0.305 e. The number of hydrogen-bond acceptors (Lipinski definition) is 5. The third-order valence-electron chi connectivity index (χ3n) is 4.24. The van der Waals surface area contributed by atoms with Gasteiger partial charge in [-0.25, -0.2) is 9.36 Å². The third-order valence-corrected chi connectivity index (χ3v) is 4.24. The Hall–Kier alpha value is -2.96. The van der Waals surface area contributed by atoms with Crippen LogP contribution in [0.2, 0.25) is 0 Å². The Balaban J connectivity index is 1.95. The quantitative estimate of drug-likeness (QED) is 0.636. The van der Waals surface area contributed by atoms with E-state index < -0.39 is 0 Å². The van der Waals surface area contributed by atoms with Crippen LogP contribution in [-0.2, 0) is 16.1 Å². The summed E-state index contributed by atoms with van der Waals surface area (Å²) in [5.74, 6) is -0.262. The maximum atomic E-state index is 12.8. The van der Waals surface area contributed by atoms with E-state index >= 15 is 0 Å². The molecule has 3 aromatic rings. The minimum atomic E-state index is -0.262. The minimum absolute atomic E-state index is 0.243. The van der Waals surface area contributed by atoms with Crippen LogP contribution >= 0.6 is 0 Å². The molecule has 0 bridgehead atoms. The molecule has 7 heteroatoms. The Labute approximate surface area is 151 Å². The molecular weight excluding hydrogens is 332 g/mol. The Morgan fingerprint density at radius 3 is 2.58 bits per heavy atom. The molecule has 0 amide bonds. The van der Waals surface area contributed by atoms with Crippen LogP contribution in [0.5, 0.6) is 0 Å². The summed E-state index contributed by atoms with van der Waals surface area (Å²) < 4.78 is 8.06. The molecule has 7 nitrogen and oxygen atoms in total. The number of ether oxygens (including phenoxy) is 1. The smallest absolute Gasteiger partial charge is 0.305 e. The molecule has 0 atom stereocenters. The van der Waals surface area contributed by atoms with E-state index in [0.29, 0.717) is 25.1 Å². The summed E-state index contributed by atoms with van der Waals surface area (Å²) >= 11 is 0. The Morgan fingerprint density at radius 2 is 1.88 bits per heavy atom. The van der Waals surface area contributed by atoms with Gasteiger partial charge in [-0.05, 0) is 39.3 Å². The van der Waals surface area contributed by atoms with Crippen LogP contribution in [0, 0.1) is 13.8 Å². The second-order valence-electron chi connectivity index (χ2n) is 6.08. The highest BCUT2D eigenvalue weighted by Gasteiger charge is 2.17. The highest BCUT2D eigenvalue weighted by Crippen LogP contribution is 2.20. The van der Waals surface area contributed by atoms with Gasteiger partial charge in [-0.3, -0.25) is 9.59 Å². The fourth-order valence-corrected chi connectivity index (χ4v) is 3.06. The normalized spacial score (nSPS) is 11.0. The first-order valence-electron chi connectivity index (χ1n) is 8.71. The van der Waals surface area contributed by atoms with Crippen molar-refractivity contribution in [1.82, 2.24) is 19.6 Å². The number of fused-ring (bicyclic) bond motifs is 1. The molecule has 26 heavy (non-hydrogen) atoms. The first-order chi connectivity index (χ1) is 12.5. The molecule has 0 unspecified atom stereocenters. The van der Waals surface area contributed by atoms with Gasteiger partial charge in [0.2, 0.25) is 0 Å². The largest absolute Gasteiger partial charge is 0.466 e. The molecule has 2 heterocycles. The fraction of sp³-hybridized carbons (Fsp3) is 0.368. The zero-order valence-corrected chi connectivity index (χ0v) is 15.2. The van der Waals surface area contributed by atoms with Crippen LogP contribution in [0.25, 0.3) is 16.6 Å². The average Bonchev–Trinajstić information content (AvgIpc) is 2.98. The highest BCUT2D eigenvalue weighted by molar-refractivity contribution is 5.83. The van der Waals surface area contributed by atoms with Gasteiger partial charge in [0.1, 0.15) is 0 Å². The SMILES string of the molecule is CCOC(=O)CCCn1nc(C)c2c(C)n(-c3ccccc3)nc2c1=O. The van der Waals surface area contributed by atoms with Gasteiger partial charge in [0.05, 0.1) is 29.1 Å². The lowest BCUT2D eigenvalue weighted by atomic mass is 10.2. The van der Waals surface area contributed by atoms with E-state index in [9.17, 15) is 9.59 Å². The van der Waals surface area contributed by atoms with Crippen LogP contribution in [-0.4, -0.2) is 32.1 Å². The van der Waals surface area contributed by atoms with Crippen molar-refractivity contribution < 1.29 is 9.53 Å². The first-order valence-corrected chi connectivity index (χ1v) is 8.71. The van der Waals surface area contributed by atoms with E-state index in [1.54, 1.807) is 11.6 Å². The van der Waals surface area contributed by atoms with Gasteiger partial charge in [-0.15, -0.1) is 0 Å². The molecule has 3 rings (SSSR count). The molecule has 136 valence electrons. The van der Waals surface area contributed by atoms with Gasteiger partial charge in [0.25, 0.3) is 5.56 Å².